The van der Waals surface area contributed by atoms with Crippen LogP contribution in [0.3, 0.4) is 0 Å². The lowest BCUT2D eigenvalue weighted by atomic mass is 10.1. The van der Waals surface area contributed by atoms with E-state index in [0.717, 1.165) is 11.3 Å². The highest BCUT2D eigenvalue weighted by atomic mass is 16.5. The summed E-state index contributed by atoms with van der Waals surface area (Å²) >= 11 is 0. The highest BCUT2D eigenvalue weighted by Crippen LogP contribution is 2.31. The Hall–Kier alpha value is -3.47. The fraction of sp³-hybridized carbons (Fsp3) is 0.190. The summed E-state index contributed by atoms with van der Waals surface area (Å²) < 4.78 is 5.95. The Morgan fingerprint density at radius 3 is 2.86 bits per heavy atom. The van der Waals surface area contributed by atoms with E-state index in [9.17, 15) is 10.4 Å². The quantitative estimate of drug-likeness (QED) is 0.752. The fourth-order valence-corrected chi connectivity index (χ4v) is 3.30. The highest BCUT2D eigenvalue weighted by molar-refractivity contribution is 5.60. The standard InChI is InChI=1S/C21H19N5O2/c22-13-16-3-1-5-18(11-16)26(21-7-8-23-15-24-21)25-9-10-28-20(14-25)17-4-2-6-19(27)12-17/h1-8,11-12,15,20,27H,9-10,14H2. The minimum atomic E-state index is -0.190. The molecule has 3 aromatic rings. The summed E-state index contributed by atoms with van der Waals surface area (Å²) in [4.78, 5) is 8.42. The van der Waals surface area contributed by atoms with E-state index in [1.165, 1.54) is 6.33 Å². The zero-order valence-corrected chi connectivity index (χ0v) is 15.1. The van der Waals surface area contributed by atoms with Crippen molar-refractivity contribution in [3.05, 3.63) is 78.2 Å². The first-order valence-electron chi connectivity index (χ1n) is 8.96. The van der Waals surface area contributed by atoms with E-state index in [0.29, 0.717) is 31.1 Å². The van der Waals surface area contributed by atoms with Gasteiger partial charge in [-0.15, -0.1) is 0 Å². The number of anilines is 2. The molecule has 0 aliphatic carbocycles. The number of nitriles is 1. The Morgan fingerprint density at radius 2 is 2.07 bits per heavy atom. The summed E-state index contributed by atoms with van der Waals surface area (Å²) in [6.45, 7) is 1.76. The third-order valence-corrected chi connectivity index (χ3v) is 4.57. The van der Waals surface area contributed by atoms with Crippen LogP contribution in [0.5, 0.6) is 5.75 Å². The topological polar surface area (TPSA) is 85.5 Å². The molecule has 0 bridgehead atoms. The number of nitrogens with zero attached hydrogens (tertiary/aromatic N) is 5. The molecule has 2 aromatic carbocycles. The van der Waals surface area contributed by atoms with Gasteiger partial charge in [0.15, 0.2) is 5.82 Å². The largest absolute Gasteiger partial charge is 0.508 e. The maximum absolute atomic E-state index is 9.81. The van der Waals surface area contributed by atoms with Crippen LogP contribution in [0, 0.1) is 11.3 Å². The number of phenolic OH excluding ortho intramolecular Hbond substituents is 1. The average Bonchev–Trinajstić information content (AvgIpc) is 2.75. The molecule has 7 heteroatoms. The SMILES string of the molecule is N#Cc1cccc(N(c2ccncn2)N2CCOC(c3cccc(O)c3)C2)c1. The van der Waals surface area contributed by atoms with Crippen molar-refractivity contribution in [3.8, 4) is 11.8 Å². The van der Waals surface area contributed by atoms with Crippen LogP contribution in [-0.2, 0) is 4.74 Å². The zero-order valence-electron chi connectivity index (χ0n) is 15.1. The van der Waals surface area contributed by atoms with Crippen molar-refractivity contribution in [2.75, 3.05) is 24.7 Å². The second kappa shape index (κ2) is 8.05. The lowest BCUT2D eigenvalue weighted by Gasteiger charge is -2.41. The van der Waals surface area contributed by atoms with Gasteiger partial charge in [-0.2, -0.15) is 5.26 Å². The van der Waals surface area contributed by atoms with Gasteiger partial charge in [0.2, 0.25) is 0 Å². The number of hydrazine groups is 1. The molecule has 1 unspecified atom stereocenters. The van der Waals surface area contributed by atoms with Gasteiger partial charge in [-0.1, -0.05) is 18.2 Å². The minimum Gasteiger partial charge on any atom is -0.508 e. The van der Waals surface area contributed by atoms with Crippen molar-refractivity contribution in [2.24, 2.45) is 0 Å². The van der Waals surface area contributed by atoms with Crippen molar-refractivity contribution >= 4 is 11.5 Å². The van der Waals surface area contributed by atoms with E-state index >= 15 is 0 Å². The Bertz CT molecular complexity index is 989. The molecule has 0 radical (unpaired) electrons. The van der Waals surface area contributed by atoms with Crippen molar-refractivity contribution in [2.45, 2.75) is 6.10 Å². The van der Waals surface area contributed by atoms with Crippen LogP contribution in [-0.4, -0.2) is 39.8 Å². The lowest BCUT2D eigenvalue weighted by molar-refractivity contribution is -0.0304. The van der Waals surface area contributed by atoms with Crippen molar-refractivity contribution in [3.63, 3.8) is 0 Å². The normalized spacial score (nSPS) is 17.0. The summed E-state index contributed by atoms with van der Waals surface area (Å²) in [5.74, 6) is 0.925. The third-order valence-electron chi connectivity index (χ3n) is 4.57. The maximum atomic E-state index is 9.81. The molecule has 1 aliphatic rings. The molecule has 0 amide bonds. The summed E-state index contributed by atoms with van der Waals surface area (Å²) in [5, 5.41) is 23.2. The van der Waals surface area contributed by atoms with E-state index < -0.39 is 0 Å². The predicted octanol–water partition coefficient (Wildman–Crippen LogP) is 3.18. The average molecular weight is 373 g/mol. The van der Waals surface area contributed by atoms with Crippen molar-refractivity contribution < 1.29 is 9.84 Å². The van der Waals surface area contributed by atoms with Crippen LogP contribution in [0.1, 0.15) is 17.2 Å². The second-order valence-corrected chi connectivity index (χ2v) is 6.41. The van der Waals surface area contributed by atoms with Crippen LogP contribution in [0.2, 0.25) is 0 Å². The molecule has 7 nitrogen and oxygen atoms in total. The van der Waals surface area contributed by atoms with E-state index in [2.05, 4.69) is 21.0 Å². The van der Waals surface area contributed by atoms with Gasteiger partial charge < -0.3 is 9.84 Å². The van der Waals surface area contributed by atoms with E-state index in [1.807, 2.05) is 41.4 Å². The molecule has 1 N–H and O–H groups in total. The Morgan fingerprint density at radius 1 is 1.18 bits per heavy atom. The number of aromatic hydroxyl groups is 1. The van der Waals surface area contributed by atoms with Crippen LogP contribution in [0.4, 0.5) is 11.5 Å². The first-order valence-corrected chi connectivity index (χ1v) is 8.96. The van der Waals surface area contributed by atoms with Gasteiger partial charge in [-0.3, -0.25) is 5.01 Å². The molecule has 0 saturated carbocycles. The first kappa shape index (κ1) is 17.9. The number of hydrogen-bond acceptors (Lipinski definition) is 7. The van der Waals surface area contributed by atoms with Crippen molar-refractivity contribution in [1.29, 1.82) is 5.26 Å². The van der Waals surface area contributed by atoms with E-state index in [4.69, 9.17) is 4.74 Å². The molecule has 1 aliphatic heterocycles. The van der Waals surface area contributed by atoms with Gasteiger partial charge in [0.1, 0.15) is 12.1 Å². The maximum Gasteiger partial charge on any atom is 0.151 e. The number of aromatic nitrogens is 2. The summed E-state index contributed by atoms with van der Waals surface area (Å²) in [5.41, 5.74) is 2.33. The van der Waals surface area contributed by atoms with E-state index in [1.54, 1.807) is 24.4 Å². The summed E-state index contributed by atoms with van der Waals surface area (Å²) in [6, 6.07) is 18.5. The molecule has 140 valence electrons. The molecule has 1 saturated heterocycles. The number of benzene rings is 2. The van der Waals surface area contributed by atoms with Gasteiger partial charge in [-0.25, -0.2) is 15.0 Å². The highest BCUT2D eigenvalue weighted by Gasteiger charge is 2.28. The first-order chi connectivity index (χ1) is 13.7. The molecular formula is C21H19N5O2. The van der Waals surface area contributed by atoms with Crippen LogP contribution < -0.4 is 5.01 Å². The minimum absolute atomic E-state index is 0.190. The summed E-state index contributed by atoms with van der Waals surface area (Å²) in [7, 11) is 0. The van der Waals surface area contributed by atoms with Gasteiger partial charge in [0.05, 0.1) is 30.0 Å². The molecule has 28 heavy (non-hydrogen) atoms. The Labute approximate surface area is 163 Å². The molecule has 2 heterocycles. The van der Waals surface area contributed by atoms with E-state index in [-0.39, 0.29) is 11.9 Å². The predicted molar refractivity (Wildman–Crippen MR) is 104 cm³/mol. The third kappa shape index (κ3) is 3.78. The number of morpholine rings is 1. The number of ether oxygens (including phenoxy) is 1. The second-order valence-electron chi connectivity index (χ2n) is 6.41. The lowest BCUT2D eigenvalue weighted by Crippen LogP contribution is -2.48. The van der Waals surface area contributed by atoms with Gasteiger partial charge >= 0.3 is 0 Å². The molecular weight excluding hydrogens is 354 g/mol. The number of hydrogen-bond donors (Lipinski definition) is 1. The van der Waals surface area contributed by atoms with Gasteiger partial charge in [0, 0.05) is 25.4 Å². The molecule has 0 spiro atoms. The van der Waals surface area contributed by atoms with Crippen molar-refractivity contribution in [1.82, 2.24) is 15.0 Å². The van der Waals surface area contributed by atoms with Gasteiger partial charge in [-0.05, 0) is 35.9 Å². The molecule has 4 rings (SSSR count). The number of phenols is 1. The number of rotatable bonds is 4. The van der Waals surface area contributed by atoms with Crippen LogP contribution in [0.25, 0.3) is 0 Å². The molecule has 1 aromatic heterocycles. The Balaban J connectivity index is 1.69. The van der Waals surface area contributed by atoms with Gasteiger partial charge in [0.25, 0.3) is 0 Å². The smallest absolute Gasteiger partial charge is 0.151 e. The Kier molecular flexibility index (Phi) is 5.15. The molecule has 1 atom stereocenters. The monoisotopic (exact) mass is 373 g/mol. The summed E-state index contributed by atoms with van der Waals surface area (Å²) in [6.07, 6.45) is 3.00. The molecule has 1 fully saturated rings. The van der Waals surface area contributed by atoms with Crippen LogP contribution >= 0.6 is 0 Å². The zero-order chi connectivity index (χ0) is 19.3. The fourth-order valence-electron chi connectivity index (χ4n) is 3.30. The van der Waals surface area contributed by atoms with Crippen LogP contribution in [0.15, 0.2) is 67.1 Å².